The number of aryl methyl sites for hydroxylation is 1. The largest absolute Gasteiger partial charge is 0.419 e. The Bertz CT molecular complexity index is 592. The van der Waals surface area contributed by atoms with Gasteiger partial charge in [0.05, 0.1) is 16.1 Å². The summed E-state index contributed by atoms with van der Waals surface area (Å²) in [7, 11) is 0. The van der Waals surface area contributed by atoms with Crippen molar-refractivity contribution in [3.8, 4) is 0 Å². The van der Waals surface area contributed by atoms with E-state index in [1.165, 1.54) is 6.20 Å². The highest BCUT2D eigenvalue weighted by molar-refractivity contribution is 6.36. The Balaban J connectivity index is 2.80. The summed E-state index contributed by atoms with van der Waals surface area (Å²) in [6, 6.07) is 1.43. The number of nitrogens with zero attached hydrogens (tertiary/aromatic N) is 1. The van der Waals surface area contributed by atoms with E-state index in [1.807, 2.05) is 0 Å². The number of rotatable bonds is 0. The van der Waals surface area contributed by atoms with Gasteiger partial charge in [0.2, 0.25) is 0 Å². The van der Waals surface area contributed by atoms with Crippen LogP contribution in [0.4, 0.5) is 17.6 Å². The summed E-state index contributed by atoms with van der Waals surface area (Å²) in [4.78, 5) is 3.81. The molecule has 2 rings (SSSR count). The summed E-state index contributed by atoms with van der Waals surface area (Å²) in [6.07, 6.45) is -3.39. The molecule has 6 heteroatoms. The summed E-state index contributed by atoms with van der Waals surface area (Å²) < 4.78 is 50.7. The minimum atomic E-state index is -4.74. The second-order valence-corrected chi connectivity index (χ2v) is 3.98. The van der Waals surface area contributed by atoms with E-state index in [4.69, 9.17) is 11.6 Å². The van der Waals surface area contributed by atoms with E-state index in [2.05, 4.69) is 4.98 Å². The fourth-order valence-corrected chi connectivity index (χ4v) is 1.70. The molecule has 0 radical (unpaired) electrons. The molecular formula is C11H6ClF4N. The number of aromatic nitrogens is 1. The maximum atomic E-state index is 13.3. The van der Waals surface area contributed by atoms with Crippen molar-refractivity contribution in [2.24, 2.45) is 0 Å². The molecule has 1 heterocycles. The number of benzene rings is 1. The first-order valence-electron chi connectivity index (χ1n) is 4.62. The first-order chi connectivity index (χ1) is 7.80. The van der Waals surface area contributed by atoms with Crippen molar-refractivity contribution in [2.75, 3.05) is 0 Å². The smallest absolute Gasteiger partial charge is 0.256 e. The molecule has 90 valence electrons. The second-order valence-electron chi connectivity index (χ2n) is 3.60. The molecular weight excluding hydrogens is 258 g/mol. The third-order valence-corrected chi connectivity index (χ3v) is 2.87. The average molecular weight is 264 g/mol. The van der Waals surface area contributed by atoms with Crippen LogP contribution in [0.2, 0.25) is 5.02 Å². The minimum absolute atomic E-state index is 0.0225. The highest BCUT2D eigenvalue weighted by atomic mass is 35.5. The molecule has 0 amide bonds. The molecule has 0 fully saturated rings. The van der Waals surface area contributed by atoms with Crippen LogP contribution in [0.5, 0.6) is 0 Å². The topological polar surface area (TPSA) is 12.9 Å². The quantitative estimate of drug-likeness (QED) is 0.644. The van der Waals surface area contributed by atoms with Crippen molar-refractivity contribution in [1.29, 1.82) is 0 Å². The van der Waals surface area contributed by atoms with Crippen LogP contribution in [0.1, 0.15) is 11.1 Å². The fourth-order valence-electron chi connectivity index (χ4n) is 1.50. The van der Waals surface area contributed by atoms with Gasteiger partial charge < -0.3 is 0 Å². The molecule has 0 saturated heterocycles. The molecule has 0 saturated carbocycles. The van der Waals surface area contributed by atoms with Gasteiger partial charge in [-0.15, -0.1) is 0 Å². The minimum Gasteiger partial charge on any atom is -0.256 e. The number of halogens is 5. The highest BCUT2D eigenvalue weighted by Crippen LogP contribution is 2.35. The van der Waals surface area contributed by atoms with Crippen LogP contribution in [0.3, 0.4) is 0 Å². The van der Waals surface area contributed by atoms with Gasteiger partial charge in [-0.3, -0.25) is 4.98 Å². The molecule has 0 spiro atoms. The van der Waals surface area contributed by atoms with E-state index in [9.17, 15) is 17.6 Å². The monoisotopic (exact) mass is 263 g/mol. The molecule has 0 N–H and O–H groups in total. The van der Waals surface area contributed by atoms with Gasteiger partial charge in [-0.25, -0.2) is 4.39 Å². The Morgan fingerprint density at radius 2 is 1.88 bits per heavy atom. The third-order valence-electron chi connectivity index (χ3n) is 2.37. The van der Waals surface area contributed by atoms with Crippen molar-refractivity contribution in [3.63, 3.8) is 0 Å². The summed E-state index contributed by atoms with van der Waals surface area (Å²) in [5.74, 6) is -1.35. The zero-order valence-electron chi connectivity index (χ0n) is 8.57. The molecule has 2 aromatic rings. The maximum absolute atomic E-state index is 13.3. The molecule has 0 atom stereocenters. The zero-order chi connectivity index (χ0) is 12.8. The van der Waals surface area contributed by atoms with Crippen molar-refractivity contribution in [2.45, 2.75) is 13.1 Å². The summed E-state index contributed by atoms with van der Waals surface area (Å²) in [6.45, 7) is 1.64. The first kappa shape index (κ1) is 12.1. The van der Waals surface area contributed by atoms with Gasteiger partial charge in [-0.05, 0) is 24.6 Å². The summed E-state index contributed by atoms with van der Waals surface area (Å²) in [5.41, 5.74) is -0.731. The van der Waals surface area contributed by atoms with Crippen LogP contribution in [0.15, 0.2) is 18.3 Å². The summed E-state index contributed by atoms with van der Waals surface area (Å²) >= 11 is 5.88. The summed E-state index contributed by atoms with van der Waals surface area (Å²) in [5, 5.41) is 0.389. The Labute approximate surface area is 99.0 Å². The molecule has 0 aliphatic carbocycles. The second kappa shape index (κ2) is 3.84. The number of hydrogen-bond donors (Lipinski definition) is 0. The van der Waals surface area contributed by atoms with Gasteiger partial charge >= 0.3 is 6.18 Å². The van der Waals surface area contributed by atoms with Crippen molar-refractivity contribution in [3.05, 3.63) is 40.3 Å². The van der Waals surface area contributed by atoms with Crippen molar-refractivity contribution >= 4 is 22.5 Å². The predicted molar refractivity (Wildman–Crippen MR) is 56.5 cm³/mol. The van der Waals surface area contributed by atoms with Crippen LogP contribution in [0, 0.1) is 12.7 Å². The molecule has 0 aliphatic heterocycles. The van der Waals surface area contributed by atoms with Gasteiger partial charge in [-0.1, -0.05) is 11.6 Å². The molecule has 1 aromatic heterocycles. The van der Waals surface area contributed by atoms with E-state index < -0.39 is 17.6 Å². The fraction of sp³-hybridized carbons (Fsp3) is 0.182. The standard InChI is InChI=1S/C11H6ClF4N/c1-5-4-17-9-3-7(11(14,15)16)8(13)2-6(9)10(5)12/h2-4H,1H3. The van der Waals surface area contributed by atoms with E-state index >= 15 is 0 Å². The maximum Gasteiger partial charge on any atom is 0.419 e. The normalized spacial score (nSPS) is 12.1. The molecule has 0 aliphatic rings. The van der Waals surface area contributed by atoms with Crippen molar-refractivity contribution in [1.82, 2.24) is 4.98 Å². The molecule has 1 aromatic carbocycles. The number of alkyl halides is 3. The molecule has 17 heavy (non-hydrogen) atoms. The van der Waals surface area contributed by atoms with Gasteiger partial charge in [0.1, 0.15) is 5.82 Å². The first-order valence-corrected chi connectivity index (χ1v) is 5.00. The Morgan fingerprint density at radius 3 is 2.47 bits per heavy atom. The van der Waals surface area contributed by atoms with Crippen LogP contribution in [-0.2, 0) is 6.18 Å². The predicted octanol–water partition coefficient (Wildman–Crippen LogP) is 4.35. The van der Waals surface area contributed by atoms with E-state index in [0.717, 1.165) is 6.07 Å². The number of pyridine rings is 1. The van der Waals surface area contributed by atoms with Gasteiger partial charge in [0.15, 0.2) is 0 Å². The van der Waals surface area contributed by atoms with Gasteiger partial charge in [0.25, 0.3) is 0 Å². The van der Waals surface area contributed by atoms with Gasteiger partial charge in [0, 0.05) is 11.6 Å². The lowest BCUT2D eigenvalue weighted by Gasteiger charge is -2.10. The van der Waals surface area contributed by atoms with Crippen LogP contribution < -0.4 is 0 Å². The SMILES string of the molecule is Cc1cnc2cc(C(F)(F)F)c(F)cc2c1Cl. The van der Waals surface area contributed by atoms with E-state index in [-0.39, 0.29) is 15.9 Å². The molecule has 0 unspecified atom stereocenters. The van der Waals surface area contributed by atoms with E-state index in [1.54, 1.807) is 6.92 Å². The third kappa shape index (κ3) is 2.07. The lowest BCUT2D eigenvalue weighted by Crippen LogP contribution is -2.08. The number of hydrogen-bond acceptors (Lipinski definition) is 1. The average Bonchev–Trinajstić information content (AvgIpc) is 2.22. The van der Waals surface area contributed by atoms with Gasteiger partial charge in [-0.2, -0.15) is 13.2 Å². The van der Waals surface area contributed by atoms with E-state index in [0.29, 0.717) is 11.6 Å². The Hall–Kier alpha value is -1.36. The number of fused-ring (bicyclic) bond motifs is 1. The van der Waals surface area contributed by atoms with Crippen LogP contribution in [-0.4, -0.2) is 4.98 Å². The zero-order valence-corrected chi connectivity index (χ0v) is 9.33. The Morgan fingerprint density at radius 1 is 1.24 bits per heavy atom. The lowest BCUT2D eigenvalue weighted by atomic mass is 10.1. The van der Waals surface area contributed by atoms with Crippen LogP contribution in [0.25, 0.3) is 10.9 Å². The molecule has 0 bridgehead atoms. The lowest BCUT2D eigenvalue weighted by molar-refractivity contribution is -0.139. The molecule has 1 nitrogen and oxygen atoms in total. The van der Waals surface area contributed by atoms with Crippen LogP contribution >= 0.6 is 11.6 Å². The van der Waals surface area contributed by atoms with Crippen molar-refractivity contribution < 1.29 is 17.6 Å². The Kier molecular flexibility index (Phi) is 2.73. The highest BCUT2D eigenvalue weighted by Gasteiger charge is 2.34.